The first kappa shape index (κ1) is 21.0. The van der Waals surface area contributed by atoms with Gasteiger partial charge in [0.2, 0.25) is 0 Å². The molecule has 2 aromatic carbocycles. The molecule has 0 N–H and O–H groups in total. The van der Waals surface area contributed by atoms with E-state index in [9.17, 15) is 22.4 Å². The van der Waals surface area contributed by atoms with E-state index in [0.717, 1.165) is 37.6 Å². The molecule has 0 bridgehead atoms. The number of halogens is 4. The fourth-order valence-electron chi connectivity index (χ4n) is 3.10. The molecule has 1 aliphatic carbocycles. The Morgan fingerprint density at radius 2 is 1.90 bits per heavy atom. The smallest absolute Gasteiger partial charge is 0.488 e. The van der Waals surface area contributed by atoms with Crippen LogP contribution < -0.4 is 9.47 Å². The normalized spacial score (nSPS) is 13.9. The molecule has 0 aliphatic heterocycles. The van der Waals surface area contributed by atoms with Gasteiger partial charge in [-0.2, -0.15) is 13.2 Å². The first-order valence-corrected chi connectivity index (χ1v) is 9.14. The minimum absolute atomic E-state index is 0.0437. The average molecular weight is 412 g/mol. The summed E-state index contributed by atoms with van der Waals surface area (Å²) in [5.74, 6) is -1.02. The van der Waals surface area contributed by atoms with Crippen molar-refractivity contribution in [3.05, 3.63) is 58.4 Å². The van der Waals surface area contributed by atoms with Crippen LogP contribution in [0.4, 0.5) is 22.4 Å². The van der Waals surface area contributed by atoms with Crippen molar-refractivity contribution in [2.75, 3.05) is 7.11 Å². The van der Waals surface area contributed by atoms with Crippen molar-refractivity contribution >= 4 is 6.16 Å². The van der Waals surface area contributed by atoms with Crippen LogP contribution in [0.3, 0.4) is 0 Å². The van der Waals surface area contributed by atoms with E-state index in [2.05, 4.69) is 4.74 Å². The number of rotatable bonds is 6. The molecule has 2 aromatic rings. The number of carbonyl (C=O) groups excluding carboxylic acids is 1. The van der Waals surface area contributed by atoms with E-state index in [1.165, 1.54) is 6.07 Å². The van der Waals surface area contributed by atoms with Gasteiger partial charge in [-0.3, -0.25) is 0 Å². The Hall–Kier alpha value is -2.77. The molecule has 0 aromatic heterocycles. The lowest BCUT2D eigenvalue weighted by Crippen LogP contribution is -2.13. The Labute approximate surface area is 165 Å². The summed E-state index contributed by atoms with van der Waals surface area (Å²) in [4.78, 5) is 11.5. The van der Waals surface area contributed by atoms with Crippen molar-refractivity contribution in [1.82, 2.24) is 0 Å². The van der Waals surface area contributed by atoms with Gasteiger partial charge < -0.3 is 14.2 Å². The molecule has 0 atom stereocenters. The van der Waals surface area contributed by atoms with E-state index in [0.29, 0.717) is 5.56 Å². The summed E-state index contributed by atoms with van der Waals surface area (Å²) in [5.41, 5.74) is 0.173. The molecule has 0 radical (unpaired) electrons. The maximum Gasteiger partial charge on any atom is 0.513 e. The molecule has 8 heteroatoms. The lowest BCUT2D eigenvalue weighted by molar-refractivity contribution is -0.139. The van der Waals surface area contributed by atoms with Crippen LogP contribution in [-0.2, 0) is 23.9 Å². The standard InChI is InChI=1S/C21H20F4O4/c1-3-12-9-16(21(23,24)25)19(10-17(12)22)28-11-15-14(13-7-8-13)5-4-6-18(15)29-20(26)27-2/h4-6,9-10,13H,3,7-8,11H2,1-2H3. The molecule has 0 unspecified atom stereocenters. The highest BCUT2D eigenvalue weighted by atomic mass is 19.4. The lowest BCUT2D eigenvalue weighted by atomic mass is 10.0. The van der Waals surface area contributed by atoms with Gasteiger partial charge in [0, 0.05) is 11.6 Å². The van der Waals surface area contributed by atoms with Crippen molar-refractivity contribution in [2.24, 2.45) is 0 Å². The molecule has 0 spiro atoms. The summed E-state index contributed by atoms with van der Waals surface area (Å²) < 4.78 is 69.5. The highest BCUT2D eigenvalue weighted by molar-refractivity contribution is 5.65. The van der Waals surface area contributed by atoms with Gasteiger partial charge in [-0.25, -0.2) is 9.18 Å². The average Bonchev–Trinajstić information content (AvgIpc) is 3.50. The van der Waals surface area contributed by atoms with Crippen LogP contribution in [0.2, 0.25) is 0 Å². The number of hydrogen-bond acceptors (Lipinski definition) is 4. The number of benzene rings is 2. The van der Waals surface area contributed by atoms with Crippen LogP contribution in [0.15, 0.2) is 30.3 Å². The third kappa shape index (κ3) is 4.81. The van der Waals surface area contributed by atoms with Crippen molar-refractivity contribution < 1.29 is 36.6 Å². The Balaban J connectivity index is 1.95. The van der Waals surface area contributed by atoms with Crippen LogP contribution >= 0.6 is 0 Å². The summed E-state index contributed by atoms with van der Waals surface area (Å²) in [6, 6.07) is 6.52. The van der Waals surface area contributed by atoms with Crippen LogP contribution in [0.1, 0.15) is 47.9 Å². The summed E-state index contributed by atoms with van der Waals surface area (Å²) in [6.45, 7) is 1.26. The number of methoxy groups -OCH3 is 1. The minimum atomic E-state index is -4.70. The number of carbonyl (C=O) groups is 1. The predicted octanol–water partition coefficient (Wildman–Crippen LogP) is 6.01. The molecular weight excluding hydrogens is 392 g/mol. The number of alkyl halides is 3. The van der Waals surface area contributed by atoms with Crippen molar-refractivity contribution in [2.45, 2.75) is 44.9 Å². The van der Waals surface area contributed by atoms with E-state index in [4.69, 9.17) is 9.47 Å². The molecule has 0 amide bonds. The second-order valence-electron chi connectivity index (χ2n) is 6.73. The molecule has 0 saturated heterocycles. The van der Waals surface area contributed by atoms with Crippen LogP contribution in [-0.4, -0.2) is 13.3 Å². The molecule has 1 fully saturated rings. The number of ether oxygens (including phenoxy) is 3. The Bertz CT molecular complexity index is 904. The maximum atomic E-state index is 14.1. The zero-order valence-corrected chi connectivity index (χ0v) is 15.9. The van der Waals surface area contributed by atoms with Crippen LogP contribution in [0, 0.1) is 5.82 Å². The summed E-state index contributed by atoms with van der Waals surface area (Å²) in [5, 5.41) is 0. The monoisotopic (exact) mass is 412 g/mol. The fraction of sp³-hybridized carbons (Fsp3) is 0.381. The van der Waals surface area contributed by atoms with Gasteiger partial charge in [0.05, 0.1) is 12.7 Å². The molecule has 3 rings (SSSR count). The molecule has 156 valence electrons. The SMILES string of the molecule is CCc1cc(C(F)(F)F)c(OCc2c(OC(=O)OC)cccc2C2CC2)cc1F. The molecular formula is C21H20F4O4. The highest BCUT2D eigenvalue weighted by Crippen LogP contribution is 2.44. The van der Waals surface area contributed by atoms with Crippen LogP contribution in [0.5, 0.6) is 11.5 Å². The fourth-order valence-corrected chi connectivity index (χ4v) is 3.10. The Morgan fingerprint density at radius 3 is 2.48 bits per heavy atom. The van der Waals surface area contributed by atoms with Gasteiger partial charge in [0.25, 0.3) is 0 Å². The van der Waals surface area contributed by atoms with Crippen LogP contribution in [0.25, 0.3) is 0 Å². The first-order chi connectivity index (χ1) is 13.7. The first-order valence-electron chi connectivity index (χ1n) is 9.14. The number of hydrogen-bond donors (Lipinski definition) is 0. The highest BCUT2D eigenvalue weighted by Gasteiger charge is 2.36. The van der Waals surface area contributed by atoms with Gasteiger partial charge in [0.1, 0.15) is 23.9 Å². The van der Waals surface area contributed by atoms with E-state index in [1.807, 2.05) is 6.07 Å². The molecule has 1 aliphatic rings. The van der Waals surface area contributed by atoms with E-state index in [-0.39, 0.29) is 30.3 Å². The van der Waals surface area contributed by atoms with Gasteiger partial charge in [-0.1, -0.05) is 19.1 Å². The summed E-state index contributed by atoms with van der Waals surface area (Å²) in [7, 11) is 1.15. The Morgan fingerprint density at radius 1 is 1.17 bits per heavy atom. The van der Waals surface area contributed by atoms with E-state index >= 15 is 0 Å². The zero-order valence-electron chi connectivity index (χ0n) is 15.9. The quantitative estimate of drug-likeness (QED) is 0.331. The minimum Gasteiger partial charge on any atom is -0.488 e. The molecule has 4 nitrogen and oxygen atoms in total. The Kier molecular flexibility index (Phi) is 6.00. The zero-order chi connectivity index (χ0) is 21.2. The third-order valence-electron chi connectivity index (χ3n) is 4.75. The molecule has 1 saturated carbocycles. The maximum absolute atomic E-state index is 14.1. The van der Waals surface area contributed by atoms with Crippen molar-refractivity contribution in [3.63, 3.8) is 0 Å². The van der Waals surface area contributed by atoms with Gasteiger partial charge in [-0.05, 0) is 48.4 Å². The predicted molar refractivity (Wildman–Crippen MR) is 96.6 cm³/mol. The topological polar surface area (TPSA) is 44.8 Å². The largest absolute Gasteiger partial charge is 0.513 e. The summed E-state index contributed by atoms with van der Waals surface area (Å²) >= 11 is 0. The number of aryl methyl sites for hydroxylation is 1. The third-order valence-corrected chi connectivity index (χ3v) is 4.75. The van der Waals surface area contributed by atoms with Crippen molar-refractivity contribution in [3.8, 4) is 11.5 Å². The molecule has 29 heavy (non-hydrogen) atoms. The lowest BCUT2D eigenvalue weighted by Gasteiger charge is -2.18. The van der Waals surface area contributed by atoms with E-state index in [1.54, 1.807) is 13.0 Å². The molecule has 0 heterocycles. The second-order valence-corrected chi connectivity index (χ2v) is 6.73. The van der Waals surface area contributed by atoms with Gasteiger partial charge >= 0.3 is 12.3 Å². The van der Waals surface area contributed by atoms with Crippen molar-refractivity contribution in [1.29, 1.82) is 0 Å². The van der Waals surface area contributed by atoms with Gasteiger partial charge in [-0.15, -0.1) is 0 Å². The summed E-state index contributed by atoms with van der Waals surface area (Å²) in [6.07, 6.45) is -3.69. The van der Waals surface area contributed by atoms with E-state index < -0.39 is 29.5 Å². The second kappa shape index (κ2) is 8.31. The van der Waals surface area contributed by atoms with Gasteiger partial charge in [0.15, 0.2) is 0 Å².